The number of benzene rings is 2. The zero-order chi connectivity index (χ0) is 15.5. The van der Waals surface area contributed by atoms with Gasteiger partial charge in [-0.2, -0.15) is 0 Å². The summed E-state index contributed by atoms with van der Waals surface area (Å²) < 4.78 is 11.0. The van der Waals surface area contributed by atoms with E-state index in [0.717, 1.165) is 0 Å². The molecular weight excluding hydrogens is 266 g/mol. The third-order valence-corrected chi connectivity index (χ3v) is 2.62. The van der Waals surface area contributed by atoms with Crippen molar-refractivity contribution in [1.29, 1.82) is 0 Å². The smallest absolute Gasteiger partial charge is 0.338 e. The highest BCUT2D eigenvalue weighted by Gasteiger charge is 2.18. The van der Waals surface area contributed by atoms with Crippen LogP contribution in [0.4, 0.5) is 5.69 Å². The molecule has 0 bridgehead atoms. The molecule has 2 aromatic carbocycles. The molecule has 0 fully saturated rings. The van der Waals surface area contributed by atoms with Crippen LogP contribution in [0.1, 0.15) is 31.1 Å². The molecule has 0 aliphatic heterocycles. The maximum absolute atomic E-state index is 12.0. The van der Waals surface area contributed by atoms with Gasteiger partial charge in [-0.1, -0.05) is 18.2 Å². The van der Waals surface area contributed by atoms with E-state index in [9.17, 15) is 4.79 Å². The lowest BCUT2D eigenvalue weighted by molar-refractivity contribution is 0.00696. The van der Waals surface area contributed by atoms with Gasteiger partial charge < -0.3 is 15.2 Å². The minimum atomic E-state index is -0.537. The molecule has 21 heavy (non-hydrogen) atoms. The second kappa shape index (κ2) is 5.87. The molecular formula is C17H19NO3. The molecule has 0 aromatic heterocycles. The van der Waals surface area contributed by atoms with Crippen molar-refractivity contribution in [3.63, 3.8) is 0 Å². The van der Waals surface area contributed by atoms with Crippen molar-refractivity contribution in [1.82, 2.24) is 0 Å². The van der Waals surface area contributed by atoms with Gasteiger partial charge in [0.2, 0.25) is 0 Å². The number of carbonyl (C=O) groups excluding carboxylic acids is 1. The van der Waals surface area contributed by atoms with Crippen LogP contribution in [0.3, 0.4) is 0 Å². The first-order valence-electron chi connectivity index (χ1n) is 6.71. The fourth-order valence-electron chi connectivity index (χ4n) is 1.72. The van der Waals surface area contributed by atoms with Crippen LogP contribution in [0.2, 0.25) is 0 Å². The Balaban J connectivity index is 2.16. The Morgan fingerprint density at radius 2 is 1.71 bits per heavy atom. The van der Waals surface area contributed by atoms with E-state index in [1.54, 1.807) is 18.2 Å². The van der Waals surface area contributed by atoms with Crippen molar-refractivity contribution in [3.8, 4) is 11.5 Å². The number of hydrogen-bond acceptors (Lipinski definition) is 4. The molecule has 2 aromatic rings. The van der Waals surface area contributed by atoms with E-state index in [4.69, 9.17) is 15.2 Å². The Kier molecular flexibility index (Phi) is 4.17. The third kappa shape index (κ3) is 4.24. The molecule has 4 heteroatoms. The van der Waals surface area contributed by atoms with Crippen LogP contribution in [0.5, 0.6) is 11.5 Å². The van der Waals surface area contributed by atoms with Crippen molar-refractivity contribution in [3.05, 3.63) is 54.1 Å². The summed E-state index contributed by atoms with van der Waals surface area (Å²) in [6, 6.07) is 14.2. The van der Waals surface area contributed by atoms with Crippen molar-refractivity contribution >= 4 is 11.7 Å². The molecule has 0 aliphatic carbocycles. The lowest BCUT2D eigenvalue weighted by Crippen LogP contribution is -2.23. The molecule has 4 nitrogen and oxygen atoms in total. The topological polar surface area (TPSA) is 61.5 Å². The summed E-state index contributed by atoms with van der Waals surface area (Å²) in [5.41, 5.74) is 6.20. The highest BCUT2D eigenvalue weighted by Crippen LogP contribution is 2.28. The summed E-state index contributed by atoms with van der Waals surface area (Å²) >= 11 is 0. The molecule has 0 saturated heterocycles. The Morgan fingerprint density at radius 3 is 2.29 bits per heavy atom. The van der Waals surface area contributed by atoms with Crippen molar-refractivity contribution < 1.29 is 14.3 Å². The zero-order valence-corrected chi connectivity index (χ0v) is 12.4. The van der Waals surface area contributed by atoms with Gasteiger partial charge in [-0.15, -0.1) is 0 Å². The van der Waals surface area contributed by atoms with E-state index in [0.29, 0.717) is 22.7 Å². The predicted molar refractivity (Wildman–Crippen MR) is 82.5 cm³/mol. The first-order valence-corrected chi connectivity index (χ1v) is 6.71. The largest absolute Gasteiger partial charge is 0.456 e. The lowest BCUT2D eigenvalue weighted by Gasteiger charge is -2.19. The molecule has 0 aliphatic rings. The second-order valence-electron chi connectivity index (χ2n) is 5.67. The van der Waals surface area contributed by atoms with Gasteiger partial charge >= 0.3 is 5.97 Å². The van der Waals surface area contributed by atoms with E-state index in [-0.39, 0.29) is 0 Å². The summed E-state index contributed by atoms with van der Waals surface area (Å²) in [6.45, 7) is 5.46. The molecule has 0 radical (unpaired) electrons. The Labute approximate surface area is 124 Å². The summed E-state index contributed by atoms with van der Waals surface area (Å²) in [4.78, 5) is 12.0. The quantitative estimate of drug-likeness (QED) is 0.683. The van der Waals surface area contributed by atoms with Crippen LogP contribution in [-0.4, -0.2) is 11.6 Å². The number of hydrogen-bond donors (Lipinski definition) is 1. The van der Waals surface area contributed by atoms with Crippen LogP contribution < -0.4 is 10.5 Å². The fraction of sp³-hybridized carbons (Fsp3) is 0.235. The highest BCUT2D eigenvalue weighted by molar-refractivity contribution is 5.91. The molecule has 2 N–H and O–H groups in total. The maximum Gasteiger partial charge on any atom is 0.338 e. The normalized spacial score (nSPS) is 11.0. The van der Waals surface area contributed by atoms with Gasteiger partial charge in [-0.05, 0) is 51.1 Å². The monoisotopic (exact) mass is 285 g/mol. The van der Waals surface area contributed by atoms with Crippen LogP contribution in [0, 0.1) is 0 Å². The average molecular weight is 285 g/mol. The predicted octanol–water partition coefficient (Wildman–Crippen LogP) is 4.02. The number of rotatable bonds is 3. The number of carbonyl (C=O) groups is 1. The molecule has 0 saturated carbocycles. The summed E-state index contributed by atoms with van der Waals surface area (Å²) in [5.74, 6) is 0.795. The van der Waals surface area contributed by atoms with Crippen molar-refractivity contribution in [2.75, 3.05) is 5.73 Å². The van der Waals surface area contributed by atoms with E-state index < -0.39 is 11.6 Å². The molecule has 110 valence electrons. The van der Waals surface area contributed by atoms with Gasteiger partial charge in [-0.3, -0.25) is 0 Å². The van der Waals surface area contributed by atoms with Gasteiger partial charge in [0.05, 0.1) is 11.3 Å². The number of nitrogen functional groups attached to an aromatic ring is 1. The van der Waals surface area contributed by atoms with Crippen LogP contribution in [-0.2, 0) is 4.74 Å². The Bertz CT molecular complexity index is 630. The van der Waals surface area contributed by atoms with Gasteiger partial charge in [0.1, 0.15) is 17.1 Å². The number of ether oxygens (including phenoxy) is 2. The molecule has 2 rings (SSSR count). The van der Waals surface area contributed by atoms with Crippen molar-refractivity contribution in [2.24, 2.45) is 0 Å². The van der Waals surface area contributed by atoms with Gasteiger partial charge in [0.15, 0.2) is 0 Å². The number of para-hydroxylation sites is 1. The van der Waals surface area contributed by atoms with Crippen molar-refractivity contribution in [2.45, 2.75) is 26.4 Å². The Morgan fingerprint density at radius 1 is 1.05 bits per heavy atom. The summed E-state index contributed by atoms with van der Waals surface area (Å²) in [5, 5.41) is 0. The molecule has 0 spiro atoms. The first kappa shape index (κ1) is 14.9. The minimum absolute atomic E-state index is 0.391. The van der Waals surface area contributed by atoms with Crippen LogP contribution in [0.15, 0.2) is 48.5 Å². The maximum atomic E-state index is 12.0. The van der Waals surface area contributed by atoms with E-state index in [2.05, 4.69) is 0 Å². The fourth-order valence-corrected chi connectivity index (χ4v) is 1.72. The highest BCUT2D eigenvalue weighted by atomic mass is 16.6. The first-order chi connectivity index (χ1) is 9.85. The average Bonchev–Trinajstić information content (AvgIpc) is 2.40. The van der Waals surface area contributed by atoms with Crippen LogP contribution >= 0.6 is 0 Å². The van der Waals surface area contributed by atoms with Gasteiger partial charge in [0, 0.05) is 0 Å². The van der Waals surface area contributed by atoms with E-state index in [1.165, 1.54) is 0 Å². The summed E-state index contributed by atoms with van der Waals surface area (Å²) in [7, 11) is 0. The van der Waals surface area contributed by atoms with Gasteiger partial charge in [0.25, 0.3) is 0 Å². The zero-order valence-electron chi connectivity index (χ0n) is 12.4. The molecule has 0 unspecified atom stereocenters. The molecule has 0 heterocycles. The Hall–Kier alpha value is -2.49. The third-order valence-electron chi connectivity index (χ3n) is 2.62. The van der Waals surface area contributed by atoms with Gasteiger partial charge in [-0.25, -0.2) is 4.79 Å². The number of esters is 1. The second-order valence-corrected chi connectivity index (χ2v) is 5.67. The molecule has 0 atom stereocenters. The lowest BCUT2D eigenvalue weighted by atomic mass is 10.1. The van der Waals surface area contributed by atoms with Crippen LogP contribution in [0.25, 0.3) is 0 Å². The van der Waals surface area contributed by atoms with E-state index in [1.807, 2.05) is 51.1 Å². The SMILES string of the molecule is CC(C)(C)OC(=O)c1ccc(Oc2ccccc2)c(N)c1. The number of anilines is 1. The standard InChI is InChI=1S/C17H19NO3/c1-17(2,3)21-16(19)12-9-10-15(14(18)11-12)20-13-7-5-4-6-8-13/h4-11H,18H2,1-3H3. The summed E-state index contributed by atoms with van der Waals surface area (Å²) in [6.07, 6.45) is 0. The minimum Gasteiger partial charge on any atom is -0.456 e. The number of nitrogens with two attached hydrogens (primary N) is 1. The van der Waals surface area contributed by atoms with E-state index >= 15 is 0 Å². The molecule has 0 amide bonds.